The lowest BCUT2D eigenvalue weighted by molar-refractivity contribution is -0.138. The molecule has 3 rings (SSSR count). The third kappa shape index (κ3) is 2.67. The molecule has 0 aliphatic heterocycles. The van der Waals surface area contributed by atoms with E-state index in [1.165, 1.54) is 0 Å². The highest BCUT2D eigenvalue weighted by atomic mass is 32.3. The zero-order valence-electron chi connectivity index (χ0n) is 10.8. The Morgan fingerprint density at radius 2 is 1.86 bits per heavy atom. The monoisotopic (exact) mass is 307 g/mol. The van der Waals surface area contributed by atoms with E-state index in [-0.39, 0.29) is 0 Å². The molecule has 0 heterocycles. The second kappa shape index (κ2) is 4.87. The van der Waals surface area contributed by atoms with Gasteiger partial charge in [0.05, 0.1) is 0 Å². The third-order valence-corrected chi connectivity index (χ3v) is 4.12. The molecule has 0 aromatic heterocycles. The molecule has 6 nitrogen and oxygen atoms in total. The van der Waals surface area contributed by atoms with Gasteiger partial charge in [0.1, 0.15) is 0 Å². The van der Waals surface area contributed by atoms with Crippen LogP contribution in [-0.2, 0) is 37.0 Å². The van der Waals surface area contributed by atoms with Crippen LogP contribution in [0.4, 0.5) is 0 Å². The van der Waals surface area contributed by atoms with Gasteiger partial charge in [0, 0.05) is 12.0 Å². The summed E-state index contributed by atoms with van der Waals surface area (Å²) < 4.78 is 34.3. The zero-order chi connectivity index (χ0) is 15.2. The molecule has 1 N–H and O–H groups in total. The van der Waals surface area contributed by atoms with Crippen LogP contribution in [0.25, 0.3) is 0 Å². The van der Waals surface area contributed by atoms with Gasteiger partial charge in [0.2, 0.25) is 11.9 Å². The van der Waals surface area contributed by atoms with Gasteiger partial charge in [0.25, 0.3) is 0 Å². The molecule has 0 bridgehead atoms. The Balaban J connectivity index is 1.97. The summed E-state index contributed by atoms with van der Waals surface area (Å²) in [7, 11) is -4.88. The largest absolute Gasteiger partial charge is 0.398 e. The number of rotatable bonds is 2. The van der Waals surface area contributed by atoms with Crippen LogP contribution in [0.3, 0.4) is 0 Å². The molecule has 109 valence electrons. The number of ketones is 2. The Hall–Kier alpha value is -1.83. The van der Waals surface area contributed by atoms with Gasteiger partial charge < -0.3 is 0 Å². The Morgan fingerprint density at radius 1 is 1.19 bits per heavy atom. The summed E-state index contributed by atoms with van der Waals surface area (Å²) in [5.74, 6) is -2.16. The summed E-state index contributed by atoms with van der Waals surface area (Å²) in [6.45, 7) is 0. The predicted octanol–water partition coefficient (Wildman–Crippen LogP) is 0.471. The van der Waals surface area contributed by atoms with Crippen LogP contribution in [0.2, 0.25) is 0 Å². The predicted molar refractivity (Wildman–Crippen MR) is 70.5 cm³/mol. The molecule has 0 spiro atoms. The Kier molecular flexibility index (Phi) is 3.27. The first kappa shape index (κ1) is 14.1. The first-order valence-corrected chi connectivity index (χ1v) is 7.64. The minimum Gasteiger partial charge on any atom is -0.295 e. The van der Waals surface area contributed by atoms with E-state index in [4.69, 9.17) is 4.55 Å². The highest BCUT2D eigenvalue weighted by molar-refractivity contribution is 7.81. The Labute approximate surface area is 121 Å². The number of carbonyl (C=O) groups excluding carboxylic acids is 2. The van der Waals surface area contributed by atoms with Crippen molar-refractivity contribution in [2.24, 2.45) is 5.92 Å². The van der Waals surface area contributed by atoms with Gasteiger partial charge in [-0.1, -0.05) is 24.3 Å². The van der Waals surface area contributed by atoms with Crippen molar-refractivity contribution in [1.82, 2.24) is 0 Å². The standard InChI is InChI=1S/C14H11O6S/c15-12-7-10-5-8-3-1-2-4-9(8)6-11(10)13(16)14(12)20-21(17,18)19/h1-4,11,14H,5-6H2,(H,17,18,19). The number of allylic oxidation sites excluding steroid dienone is 1. The van der Waals surface area contributed by atoms with Crippen LogP contribution in [-0.4, -0.2) is 30.6 Å². The summed E-state index contributed by atoms with van der Waals surface area (Å²) in [5, 5.41) is 0. The lowest BCUT2D eigenvalue weighted by Gasteiger charge is -2.31. The summed E-state index contributed by atoms with van der Waals surface area (Å²) in [5.41, 5.74) is 2.53. The third-order valence-electron chi connectivity index (χ3n) is 3.69. The van der Waals surface area contributed by atoms with E-state index in [2.05, 4.69) is 10.3 Å². The average molecular weight is 307 g/mol. The van der Waals surface area contributed by atoms with Crippen LogP contribution < -0.4 is 0 Å². The molecule has 2 atom stereocenters. The van der Waals surface area contributed by atoms with Crippen molar-refractivity contribution in [2.75, 3.05) is 0 Å². The lowest BCUT2D eigenvalue weighted by atomic mass is 9.73. The number of hydrogen-bond acceptors (Lipinski definition) is 5. The van der Waals surface area contributed by atoms with Crippen molar-refractivity contribution in [3.8, 4) is 0 Å². The minimum atomic E-state index is -4.88. The van der Waals surface area contributed by atoms with Gasteiger partial charge in [-0.15, -0.1) is 0 Å². The van der Waals surface area contributed by atoms with Gasteiger partial charge >= 0.3 is 10.4 Å². The van der Waals surface area contributed by atoms with Crippen LogP contribution in [0.5, 0.6) is 0 Å². The van der Waals surface area contributed by atoms with Crippen molar-refractivity contribution in [1.29, 1.82) is 0 Å². The number of benzene rings is 1. The second-order valence-corrected chi connectivity index (χ2v) is 6.07. The Bertz CT molecular complexity index is 761. The van der Waals surface area contributed by atoms with Gasteiger partial charge in [-0.05, 0) is 29.5 Å². The summed E-state index contributed by atoms with van der Waals surface area (Å²) in [6.07, 6.45) is 1.48. The molecule has 0 saturated heterocycles. The fourth-order valence-electron chi connectivity index (χ4n) is 2.75. The first-order chi connectivity index (χ1) is 9.85. The quantitative estimate of drug-likeness (QED) is 0.630. The number of carbonyl (C=O) groups is 2. The van der Waals surface area contributed by atoms with E-state index < -0.39 is 34.0 Å². The normalized spacial score (nSPS) is 25.1. The molecule has 21 heavy (non-hydrogen) atoms. The maximum Gasteiger partial charge on any atom is 0.398 e. The van der Waals surface area contributed by atoms with Crippen LogP contribution in [0, 0.1) is 12.0 Å². The van der Waals surface area contributed by atoms with E-state index in [0.29, 0.717) is 18.4 Å². The van der Waals surface area contributed by atoms with Gasteiger partial charge in [-0.2, -0.15) is 8.42 Å². The van der Waals surface area contributed by atoms with Crippen LogP contribution in [0.15, 0.2) is 29.8 Å². The van der Waals surface area contributed by atoms with E-state index >= 15 is 0 Å². The maximum absolute atomic E-state index is 12.3. The fraction of sp³-hybridized carbons (Fsp3) is 0.286. The van der Waals surface area contributed by atoms with Crippen LogP contribution >= 0.6 is 0 Å². The van der Waals surface area contributed by atoms with E-state index in [0.717, 1.165) is 11.1 Å². The molecule has 1 aromatic carbocycles. The number of fused-ring (bicyclic) bond motifs is 2. The van der Waals surface area contributed by atoms with Crippen molar-refractivity contribution >= 4 is 22.0 Å². The summed E-state index contributed by atoms with van der Waals surface area (Å²) in [4.78, 5) is 24.1. The SMILES string of the molecule is O=C1[C]=C2Cc3ccccc3CC2C(=O)C1OS(=O)(=O)O. The highest BCUT2D eigenvalue weighted by Crippen LogP contribution is 2.34. The molecule has 0 amide bonds. The smallest absolute Gasteiger partial charge is 0.295 e. The van der Waals surface area contributed by atoms with E-state index in [1.807, 2.05) is 24.3 Å². The zero-order valence-corrected chi connectivity index (χ0v) is 11.6. The van der Waals surface area contributed by atoms with Crippen LogP contribution in [0.1, 0.15) is 11.1 Å². The van der Waals surface area contributed by atoms with Crippen molar-refractivity contribution < 1.29 is 26.7 Å². The second-order valence-electron chi connectivity index (χ2n) is 5.02. The average Bonchev–Trinajstić information content (AvgIpc) is 2.41. The minimum absolute atomic E-state index is 0.371. The summed E-state index contributed by atoms with van der Waals surface area (Å²) >= 11 is 0. The molecule has 2 unspecified atom stereocenters. The first-order valence-electron chi connectivity index (χ1n) is 6.28. The summed E-state index contributed by atoms with van der Waals surface area (Å²) in [6, 6.07) is 7.52. The van der Waals surface area contributed by atoms with Gasteiger partial charge in [0.15, 0.2) is 5.78 Å². The molecule has 2 aliphatic carbocycles. The molecular formula is C14H11O6S. The molecule has 7 heteroatoms. The molecule has 0 fully saturated rings. The molecule has 1 radical (unpaired) electrons. The fourth-order valence-corrected chi connectivity index (χ4v) is 3.18. The van der Waals surface area contributed by atoms with Gasteiger partial charge in [-0.3, -0.25) is 14.1 Å². The lowest BCUT2D eigenvalue weighted by Crippen LogP contribution is -2.44. The number of Topliss-reactive ketones (excluding diaryl/α,β-unsaturated/α-hetero) is 2. The number of hydrogen-bond donors (Lipinski definition) is 1. The van der Waals surface area contributed by atoms with E-state index in [9.17, 15) is 18.0 Å². The van der Waals surface area contributed by atoms with Crippen molar-refractivity contribution in [2.45, 2.75) is 18.9 Å². The molecule has 2 aliphatic rings. The van der Waals surface area contributed by atoms with E-state index in [1.54, 1.807) is 0 Å². The Morgan fingerprint density at radius 3 is 2.52 bits per heavy atom. The molecule has 1 aromatic rings. The van der Waals surface area contributed by atoms with Gasteiger partial charge in [-0.25, -0.2) is 4.18 Å². The highest BCUT2D eigenvalue weighted by Gasteiger charge is 2.43. The van der Waals surface area contributed by atoms with Crippen molar-refractivity contribution in [3.63, 3.8) is 0 Å². The maximum atomic E-state index is 12.3. The molecular weight excluding hydrogens is 296 g/mol. The molecule has 0 saturated carbocycles. The van der Waals surface area contributed by atoms with Crippen molar-refractivity contribution in [3.05, 3.63) is 47.0 Å². The topological polar surface area (TPSA) is 97.7 Å².